The Labute approximate surface area is 129 Å². The van der Waals surface area contributed by atoms with E-state index in [0.717, 1.165) is 18.8 Å². The molecule has 112 valence electrons. The first kappa shape index (κ1) is 14.5. The lowest BCUT2D eigenvalue weighted by atomic mass is 10.2. The lowest BCUT2D eigenvalue weighted by Crippen LogP contribution is -2.26. The highest BCUT2D eigenvalue weighted by Gasteiger charge is 2.30. The fourth-order valence-corrected chi connectivity index (χ4v) is 2.74. The van der Waals surface area contributed by atoms with Gasteiger partial charge in [0.05, 0.1) is 5.69 Å². The third kappa shape index (κ3) is 3.44. The Morgan fingerprint density at radius 3 is 2.76 bits per heavy atom. The van der Waals surface area contributed by atoms with E-state index in [2.05, 4.69) is 16.9 Å². The van der Waals surface area contributed by atoms with E-state index in [1.54, 1.807) is 12.1 Å². The van der Waals surface area contributed by atoms with Crippen molar-refractivity contribution in [3.8, 4) is 0 Å². The van der Waals surface area contributed by atoms with E-state index < -0.39 is 0 Å². The number of aromatic nitrogens is 2. The van der Waals surface area contributed by atoms with Crippen LogP contribution in [0.3, 0.4) is 0 Å². The molecule has 1 aliphatic carbocycles. The molecule has 1 saturated carbocycles. The van der Waals surface area contributed by atoms with Crippen molar-refractivity contribution in [3.05, 3.63) is 52.6 Å². The van der Waals surface area contributed by atoms with Gasteiger partial charge in [-0.25, -0.2) is 4.39 Å². The highest BCUT2D eigenvalue weighted by Crippen LogP contribution is 2.31. The molecule has 0 aliphatic heterocycles. The summed E-state index contributed by atoms with van der Waals surface area (Å²) in [7, 11) is 0. The van der Waals surface area contributed by atoms with Crippen LogP contribution >= 0.6 is 11.6 Å². The minimum absolute atomic E-state index is 0.229. The largest absolute Gasteiger partial charge is 0.290 e. The third-order valence-corrected chi connectivity index (χ3v) is 4.23. The van der Waals surface area contributed by atoms with Crippen LogP contribution in [-0.2, 0) is 19.6 Å². The normalized spacial score (nSPS) is 14.9. The molecule has 5 heteroatoms. The van der Waals surface area contributed by atoms with Gasteiger partial charge in [-0.2, -0.15) is 5.10 Å². The smallest absolute Gasteiger partial charge is 0.129 e. The average molecular weight is 308 g/mol. The summed E-state index contributed by atoms with van der Waals surface area (Å²) in [5.41, 5.74) is 1.61. The van der Waals surface area contributed by atoms with E-state index in [1.165, 1.54) is 18.9 Å². The topological polar surface area (TPSA) is 21.1 Å². The van der Waals surface area contributed by atoms with Crippen LogP contribution in [0.15, 0.2) is 30.5 Å². The lowest BCUT2D eigenvalue weighted by molar-refractivity contribution is 0.238. The second-order valence-electron chi connectivity index (χ2n) is 5.50. The van der Waals surface area contributed by atoms with Crippen LogP contribution in [0.1, 0.15) is 31.0 Å². The quantitative estimate of drug-likeness (QED) is 0.808. The first-order chi connectivity index (χ1) is 10.2. The molecule has 0 saturated heterocycles. The van der Waals surface area contributed by atoms with Gasteiger partial charge in [0.2, 0.25) is 0 Å². The first-order valence-corrected chi connectivity index (χ1v) is 7.74. The minimum Gasteiger partial charge on any atom is -0.290 e. The van der Waals surface area contributed by atoms with Crippen molar-refractivity contribution in [3.63, 3.8) is 0 Å². The molecule has 3 nitrogen and oxygen atoms in total. The van der Waals surface area contributed by atoms with Crippen LogP contribution < -0.4 is 0 Å². The maximum absolute atomic E-state index is 14.0. The molecule has 0 unspecified atom stereocenters. The monoisotopic (exact) mass is 307 g/mol. The van der Waals surface area contributed by atoms with Crippen molar-refractivity contribution in [1.29, 1.82) is 0 Å². The van der Waals surface area contributed by atoms with Crippen molar-refractivity contribution in [1.82, 2.24) is 14.7 Å². The van der Waals surface area contributed by atoms with Gasteiger partial charge in [0.25, 0.3) is 0 Å². The maximum atomic E-state index is 14.0. The molecule has 2 aromatic rings. The van der Waals surface area contributed by atoms with Gasteiger partial charge in [-0.3, -0.25) is 9.58 Å². The summed E-state index contributed by atoms with van der Waals surface area (Å²) in [4.78, 5) is 2.27. The van der Waals surface area contributed by atoms with E-state index in [-0.39, 0.29) is 5.82 Å². The molecule has 1 aliphatic rings. The molecular formula is C16H19ClFN3. The molecule has 21 heavy (non-hydrogen) atoms. The van der Waals surface area contributed by atoms with E-state index in [0.29, 0.717) is 23.2 Å². The standard InChI is InChI=1S/C16H19ClFN3/c1-2-21-9-8-12(19-21)10-20(13-6-7-13)11-14-15(17)4-3-5-16(14)18/h3-5,8-9,13H,2,6-7,10-11H2,1H3. The van der Waals surface area contributed by atoms with Crippen molar-refractivity contribution in [2.75, 3.05) is 0 Å². The van der Waals surface area contributed by atoms with Gasteiger partial charge >= 0.3 is 0 Å². The Balaban J connectivity index is 1.76. The Bertz CT molecular complexity index is 601. The van der Waals surface area contributed by atoms with Crippen molar-refractivity contribution in [2.24, 2.45) is 0 Å². The van der Waals surface area contributed by atoms with E-state index in [4.69, 9.17) is 11.6 Å². The predicted octanol–water partition coefficient (Wildman–Crippen LogP) is 3.86. The average Bonchev–Trinajstić information content (AvgIpc) is 3.22. The molecule has 3 rings (SSSR count). The number of halogens is 2. The fourth-order valence-electron chi connectivity index (χ4n) is 2.51. The molecule has 1 fully saturated rings. The number of benzene rings is 1. The van der Waals surface area contributed by atoms with E-state index in [1.807, 2.05) is 16.9 Å². The molecular weight excluding hydrogens is 289 g/mol. The number of aryl methyl sites for hydroxylation is 1. The molecule has 0 spiro atoms. The number of hydrogen-bond donors (Lipinski definition) is 0. The molecule has 0 N–H and O–H groups in total. The summed E-state index contributed by atoms with van der Waals surface area (Å²) < 4.78 is 15.9. The molecule has 1 aromatic carbocycles. The van der Waals surface area contributed by atoms with Gasteiger partial charge in [-0.15, -0.1) is 0 Å². The third-order valence-electron chi connectivity index (χ3n) is 3.87. The summed E-state index contributed by atoms with van der Waals surface area (Å²) in [5.74, 6) is -0.229. The first-order valence-electron chi connectivity index (χ1n) is 7.36. The van der Waals surface area contributed by atoms with Crippen LogP contribution in [-0.4, -0.2) is 20.7 Å². The number of nitrogens with zero attached hydrogens (tertiary/aromatic N) is 3. The summed E-state index contributed by atoms with van der Waals surface area (Å²) >= 11 is 6.14. The molecule has 0 amide bonds. The summed E-state index contributed by atoms with van der Waals surface area (Å²) in [6.07, 6.45) is 4.32. The Hall–Kier alpha value is -1.39. The Kier molecular flexibility index (Phi) is 4.27. The van der Waals surface area contributed by atoms with Crippen molar-refractivity contribution >= 4 is 11.6 Å². The zero-order valence-electron chi connectivity index (χ0n) is 12.1. The Morgan fingerprint density at radius 2 is 2.14 bits per heavy atom. The second-order valence-corrected chi connectivity index (χ2v) is 5.91. The summed E-state index contributed by atoms with van der Waals surface area (Å²) in [6.45, 7) is 4.20. The van der Waals surface area contributed by atoms with Crippen molar-refractivity contribution in [2.45, 2.75) is 45.4 Å². The summed E-state index contributed by atoms with van der Waals surface area (Å²) in [6, 6.07) is 7.41. The number of rotatable bonds is 6. The maximum Gasteiger partial charge on any atom is 0.129 e. The molecule has 1 aromatic heterocycles. The summed E-state index contributed by atoms with van der Waals surface area (Å²) in [5, 5.41) is 5.01. The van der Waals surface area contributed by atoms with Gasteiger partial charge in [-0.05, 0) is 38.0 Å². The van der Waals surface area contributed by atoms with Crippen LogP contribution in [0.4, 0.5) is 4.39 Å². The van der Waals surface area contributed by atoms with Gasteiger partial charge in [-0.1, -0.05) is 17.7 Å². The van der Waals surface area contributed by atoms with Gasteiger partial charge < -0.3 is 0 Å². The second kappa shape index (κ2) is 6.16. The SMILES string of the molecule is CCn1ccc(CN(Cc2c(F)cccc2Cl)C2CC2)n1. The van der Waals surface area contributed by atoms with Gasteiger partial charge in [0.15, 0.2) is 0 Å². The van der Waals surface area contributed by atoms with E-state index >= 15 is 0 Å². The minimum atomic E-state index is -0.229. The molecule has 0 radical (unpaired) electrons. The van der Waals surface area contributed by atoms with Crippen LogP contribution in [0, 0.1) is 5.82 Å². The number of hydrogen-bond acceptors (Lipinski definition) is 2. The van der Waals surface area contributed by atoms with Crippen LogP contribution in [0.5, 0.6) is 0 Å². The predicted molar refractivity (Wildman–Crippen MR) is 81.6 cm³/mol. The highest BCUT2D eigenvalue weighted by atomic mass is 35.5. The molecule has 0 bridgehead atoms. The van der Waals surface area contributed by atoms with Crippen molar-refractivity contribution < 1.29 is 4.39 Å². The van der Waals surface area contributed by atoms with Gasteiger partial charge in [0.1, 0.15) is 5.82 Å². The Morgan fingerprint density at radius 1 is 1.33 bits per heavy atom. The van der Waals surface area contributed by atoms with Gasteiger partial charge in [0, 0.05) is 42.5 Å². The lowest BCUT2D eigenvalue weighted by Gasteiger charge is -2.22. The molecule has 0 atom stereocenters. The van der Waals surface area contributed by atoms with E-state index in [9.17, 15) is 4.39 Å². The zero-order chi connectivity index (χ0) is 14.8. The highest BCUT2D eigenvalue weighted by molar-refractivity contribution is 6.31. The fraction of sp³-hybridized carbons (Fsp3) is 0.438. The zero-order valence-corrected chi connectivity index (χ0v) is 12.9. The molecule has 1 heterocycles. The van der Waals surface area contributed by atoms with Crippen LogP contribution in [0.25, 0.3) is 0 Å². The van der Waals surface area contributed by atoms with Crippen LogP contribution in [0.2, 0.25) is 5.02 Å².